The number of likely N-dealkylation sites (N-methyl/N-ethyl adjacent to an activating group) is 1. The zero-order chi connectivity index (χ0) is 12.7. The number of nitrogens with one attached hydrogen (secondary N) is 1. The summed E-state index contributed by atoms with van der Waals surface area (Å²) in [6, 6.07) is 3.37. The third kappa shape index (κ3) is 1.41. The Balaban J connectivity index is 2.40. The number of aromatic hydroxyl groups is 1. The second-order valence-electron chi connectivity index (χ2n) is 4.16. The summed E-state index contributed by atoms with van der Waals surface area (Å²) in [5, 5.41) is 24.4. The van der Waals surface area contributed by atoms with Crippen molar-refractivity contribution in [3.63, 3.8) is 0 Å². The lowest BCUT2D eigenvalue weighted by Gasteiger charge is -2.12. The number of aliphatic hydroxyl groups is 1. The standard InChI is InChI=1S/C13H13NO4/c1-14-6-9(15)10-7-2-4-18-13(7)11(16)8-3-5-17-12(8)10/h2-5,9,14-16H,6H2,1H3. The minimum Gasteiger partial charge on any atom is -0.504 e. The number of aliphatic hydroxyl groups excluding tert-OH is 1. The van der Waals surface area contributed by atoms with E-state index in [1.807, 2.05) is 0 Å². The first-order valence-corrected chi connectivity index (χ1v) is 5.66. The molecule has 3 aromatic rings. The van der Waals surface area contributed by atoms with Crippen LogP contribution >= 0.6 is 0 Å². The molecule has 2 heterocycles. The lowest BCUT2D eigenvalue weighted by Crippen LogP contribution is -2.17. The molecule has 3 N–H and O–H groups in total. The van der Waals surface area contributed by atoms with Crippen LogP contribution in [0.3, 0.4) is 0 Å². The van der Waals surface area contributed by atoms with Crippen molar-refractivity contribution in [3.05, 3.63) is 30.2 Å². The van der Waals surface area contributed by atoms with Crippen LogP contribution in [-0.2, 0) is 0 Å². The van der Waals surface area contributed by atoms with E-state index in [9.17, 15) is 10.2 Å². The Morgan fingerprint density at radius 3 is 2.56 bits per heavy atom. The van der Waals surface area contributed by atoms with Crippen LogP contribution in [0.25, 0.3) is 21.9 Å². The van der Waals surface area contributed by atoms with Gasteiger partial charge in [0.05, 0.1) is 24.0 Å². The Hall–Kier alpha value is -1.98. The van der Waals surface area contributed by atoms with Gasteiger partial charge in [-0.05, 0) is 19.2 Å². The zero-order valence-electron chi connectivity index (χ0n) is 9.80. The minimum atomic E-state index is -0.732. The normalized spacial score (nSPS) is 13.4. The molecule has 1 unspecified atom stereocenters. The Labute approximate surface area is 103 Å². The van der Waals surface area contributed by atoms with E-state index < -0.39 is 6.10 Å². The number of phenolic OH excluding ortho intramolecular Hbond substituents is 1. The molecule has 0 fully saturated rings. The quantitative estimate of drug-likeness (QED) is 0.660. The molecular formula is C13H13NO4. The van der Waals surface area contributed by atoms with Crippen LogP contribution in [0.4, 0.5) is 0 Å². The van der Waals surface area contributed by atoms with Crippen molar-refractivity contribution in [1.82, 2.24) is 5.32 Å². The second kappa shape index (κ2) is 4.04. The van der Waals surface area contributed by atoms with E-state index in [4.69, 9.17) is 8.83 Å². The van der Waals surface area contributed by atoms with Crippen LogP contribution in [0.15, 0.2) is 33.5 Å². The molecule has 1 aromatic carbocycles. The van der Waals surface area contributed by atoms with Crippen LogP contribution in [0, 0.1) is 0 Å². The summed E-state index contributed by atoms with van der Waals surface area (Å²) in [4.78, 5) is 0. The third-order valence-electron chi connectivity index (χ3n) is 3.07. The maximum absolute atomic E-state index is 10.2. The van der Waals surface area contributed by atoms with Crippen molar-refractivity contribution >= 4 is 21.9 Å². The smallest absolute Gasteiger partial charge is 0.176 e. The molecule has 0 amide bonds. The molecule has 0 radical (unpaired) electrons. The van der Waals surface area contributed by atoms with E-state index in [-0.39, 0.29) is 5.75 Å². The van der Waals surface area contributed by atoms with Gasteiger partial charge in [0.25, 0.3) is 0 Å². The first-order chi connectivity index (χ1) is 8.74. The molecule has 0 aliphatic rings. The number of hydrogen-bond acceptors (Lipinski definition) is 5. The number of fused-ring (bicyclic) bond motifs is 2. The van der Waals surface area contributed by atoms with Gasteiger partial charge < -0.3 is 24.4 Å². The summed E-state index contributed by atoms with van der Waals surface area (Å²) in [7, 11) is 1.76. The number of benzene rings is 1. The highest BCUT2D eigenvalue weighted by Crippen LogP contribution is 2.40. The molecule has 0 aliphatic carbocycles. The third-order valence-corrected chi connectivity index (χ3v) is 3.07. The summed E-state index contributed by atoms with van der Waals surface area (Å²) in [6.07, 6.45) is 2.24. The highest BCUT2D eigenvalue weighted by atomic mass is 16.4. The lowest BCUT2D eigenvalue weighted by atomic mass is 10.0. The predicted octanol–water partition coefficient (Wildman–Crippen LogP) is 2.14. The van der Waals surface area contributed by atoms with Crippen molar-refractivity contribution in [3.8, 4) is 5.75 Å². The summed E-state index contributed by atoms with van der Waals surface area (Å²) in [5.74, 6) is 0.0409. The average molecular weight is 247 g/mol. The second-order valence-corrected chi connectivity index (χ2v) is 4.16. The van der Waals surface area contributed by atoms with E-state index in [1.165, 1.54) is 12.5 Å². The fourth-order valence-electron chi connectivity index (χ4n) is 2.28. The van der Waals surface area contributed by atoms with Gasteiger partial charge in [0, 0.05) is 17.5 Å². The Kier molecular flexibility index (Phi) is 2.50. The van der Waals surface area contributed by atoms with E-state index in [0.29, 0.717) is 34.0 Å². The Morgan fingerprint density at radius 2 is 1.83 bits per heavy atom. The molecule has 3 rings (SSSR count). The Bertz CT molecular complexity index is 646. The maximum atomic E-state index is 10.2. The molecule has 0 aliphatic heterocycles. The van der Waals surface area contributed by atoms with E-state index in [1.54, 1.807) is 19.2 Å². The molecule has 5 heteroatoms. The van der Waals surface area contributed by atoms with Gasteiger partial charge in [-0.25, -0.2) is 0 Å². The van der Waals surface area contributed by atoms with Crippen LogP contribution in [0.5, 0.6) is 5.75 Å². The molecule has 94 valence electrons. The molecule has 0 saturated carbocycles. The number of rotatable bonds is 3. The molecule has 2 aromatic heterocycles. The van der Waals surface area contributed by atoms with Crippen LogP contribution in [0.2, 0.25) is 0 Å². The van der Waals surface area contributed by atoms with Crippen LogP contribution < -0.4 is 5.32 Å². The summed E-state index contributed by atoms with van der Waals surface area (Å²) in [5.41, 5.74) is 1.49. The van der Waals surface area contributed by atoms with Gasteiger partial charge in [-0.1, -0.05) is 0 Å². The largest absolute Gasteiger partial charge is 0.504 e. The van der Waals surface area contributed by atoms with Crippen LogP contribution in [-0.4, -0.2) is 23.8 Å². The zero-order valence-corrected chi connectivity index (χ0v) is 9.80. The molecule has 0 saturated heterocycles. The van der Waals surface area contributed by atoms with Gasteiger partial charge >= 0.3 is 0 Å². The fraction of sp³-hybridized carbons (Fsp3) is 0.231. The molecule has 5 nitrogen and oxygen atoms in total. The summed E-state index contributed by atoms with van der Waals surface area (Å²) in [6.45, 7) is 0.390. The summed E-state index contributed by atoms with van der Waals surface area (Å²) < 4.78 is 10.7. The number of furan rings is 2. The van der Waals surface area contributed by atoms with E-state index in [0.717, 1.165) is 0 Å². The van der Waals surface area contributed by atoms with E-state index in [2.05, 4.69) is 5.32 Å². The van der Waals surface area contributed by atoms with Crippen molar-refractivity contribution in [1.29, 1.82) is 0 Å². The number of hydrogen-bond donors (Lipinski definition) is 3. The van der Waals surface area contributed by atoms with Crippen molar-refractivity contribution in [2.75, 3.05) is 13.6 Å². The van der Waals surface area contributed by atoms with Crippen LogP contribution in [0.1, 0.15) is 11.7 Å². The van der Waals surface area contributed by atoms with Crippen molar-refractivity contribution < 1.29 is 19.0 Å². The number of phenols is 1. The minimum absolute atomic E-state index is 0.0409. The van der Waals surface area contributed by atoms with Gasteiger partial charge in [0.2, 0.25) is 0 Å². The molecule has 0 spiro atoms. The van der Waals surface area contributed by atoms with Crippen molar-refractivity contribution in [2.45, 2.75) is 6.10 Å². The van der Waals surface area contributed by atoms with Crippen molar-refractivity contribution in [2.24, 2.45) is 0 Å². The SMILES string of the molecule is CNCC(O)c1c2ccoc2c(O)c2ccoc12. The first-order valence-electron chi connectivity index (χ1n) is 5.66. The van der Waals surface area contributed by atoms with Gasteiger partial charge in [-0.15, -0.1) is 0 Å². The molecule has 1 atom stereocenters. The van der Waals surface area contributed by atoms with Gasteiger partial charge in [-0.3, -0.25) is 0 Å². The van der Waals surface area contributed by atoms with Gasteiger partial charge in [0.1, 0.15) is 5.58 Å². The lowest BCUT2D eigenvalue weighted by molar-refractivity contribution is 0.179. The van der Waals surface area contributed by atoms with Gasteiger partial charge in [0.15, 0.2) is 11.3 Å². The van der Waals surface area contributed by atoms with E-state index >= 15 is 0 Å². The summed E-state index contributed by atoms with van der Waals surface area (Å²) >= 11 is 0. The maximum Gasteiger partial charge on any atom is 0.176 e. The molecule has 18 heavy (non-hydrogen) atoms. The van der Waals surface area contributed by atoms with Gasteiger partial charge in [-0.2, -0.15) is 0 Å². The monoisotopic (exact) mass is 247 g/mol. The highest BCUT2D eigenvalue weighted by molar-refractivity contribution is 6.04. The first kappa shape index (κ1) is 11.1. The molecule has 0 bridgehead atoms. The predicted molar refractivity (Wildman–Crippen MR) is 66.5 cm³/mol. The average Bonchev–Trinajstić information content (AvgIpc) is 2.97. The highest BCUT2D eigenvalue weighted by Gasteiger charge is 2.22. The fourth-order valence-corrected chi connectivity index (χ4v) is 2.28. The topological polar surface area (TPSA) is 78.8 Å². The molecular weight excluding hydrogens is 234 g/mol. The Morgan fingerprint density at radius 1 is 1.17 bits per heavy atom.